The minimum Gasteiger partial charge on any atom is -0.343 e. The number of carbonyl (C=O) groups excluding carboxylic acids is 2. The molecule has 1 aromatic heterocycles. The minimum atomic E-state index is -0.982. The van der Waals surface area contributed by atoms with E-state index in [4.69, 9.17) is 0 Å². The fraction of sp³-hybridized carbons (Fsp3) is 0.286. The zero-order valence-electron chi connectivity index (χ0n) is 16.0. The standard InChI is InChI=1S/C21H20F2N4O3/c22-13-5-6-15(16(23)11-13)20(29)24-12-19(28)26-9-7-14(8-10-26)27-18-4-2-1-3-17(18)25-21(27)30/h1-6,11,14H,7-10,12H2,(H,24,29)(H,25,30). The summed E-state index contributed by atoms with van der Waals surface area (Å²) in [6, 6.07) is 10.1. The number of nitrogens with zero attached hydrogens (tertiary/aromatic N) is 2. The number of hydrogen-bond donors (Lipinski definition) is 2. The monoisotopic (exact) mass is 414 g/mol. The van der Waals surface area contributed by atoms with Gasteiger partial charge in [0.05, 0.1) is 23.1 Å². The molecule has 0 spiro atoms. The predicted molar refractivity (Wildman–Crippen MR) is 106 cm³/mol. The van der Waals surface area contributed by atoms with Gasteiger partial charge in [-0.3, -0.25) is 14.2 Å². The van der Waals surface area contributed by atoms with Gasteiger partial charge in [-0.25, -0.2) is 13.6 Å². The highest BCUT2D eigenvalue weighted by molar-refractivity contribution is 5.96. The molecule has 4 rings (SSSR count). The van der Waals surface area contributed by atoms with Gasteiger partial charge < -0.3 is 15.2 Å². The summed E-state index contributed by atoms with van der Waals surface area (Å²) in [6.45, 7) is 0.597. The van der Waals surface area contributed by atoms with Crippen LogP contribution >= 0.6 is 0 Å². The van der Waals surface area contributed by atoms with Crippen LogP contribution in [0.2, 0.25) is 0 Å². The molecule has 0 bridgehead atoms. The average molecular weight is 414 g/mol. The Morgan fingerprint density at radius 2 is 1.83 bits per heavy atom. The number of amides is 2. The molecule has 1 fully saturated rings. The molecule has 7 nitrogen and oxygen atoms in total. The van der Waals surface area contributed by atoms with E-state index in [9.17, 15) is 23.2 Å². The van der Waals surface area contributed by atoms with Crippen molar-refractivity contribution in [1.82, 2.24) is 19.8 Å². The van der Waals surface area contributed by atoms with E-state index in [2.05, 4.69) is 10.3 Å². The molecule has 0 radical (unpaired) electrons. The number of aromatic nitrogens is 2. The summed E-state index contributed by atoms with van der Waals surface area (Å²) in [7, 11) is 0. The lowest BCUT2D eigenvalue weighted by Gasteiger charge is -2.32. The molecule has 0 saturated carbocycles. The van der Waals surface area contributed by atoms with E-state index in [0.717, 1.165) is 23.2 Å². The van der Waals surface area contributed by atoms with Crippen LogP contribution in [0.5, 0.6) is 0 Å². The second kappa shape index (κ2) is 8.10. The van der Waals surface area contributed by atoms with Gasteiger partial charge in [-0.15, -0.1) is 0 Å². The lowest BCUT2D eigenvalue weighted by molar-refractivity contribution is -0.131. The van der Waals surface area contributed by atoms with Crippen molar-refractivity contribution < 1.29 is 18.4 Å². The quantitative estimate of drug-likeness (QED) is 0.686. The number of nitrogens with one attached hydrogen (secondary N) is 2. The van der Waals surface area contributed by atoms with Gasteiger partial charge in [0.15, 0.2) is 0 Å². The second-order valence-corrected chi connectivity index (χ2v) is 7.24. The maximum atomic E-state index is 13.7. The number of rotatable bonds is 4. The Morgan fingerprint density at radius 1 is 1.10 bits per heavy atom. The van der Waals surface area contributed by atoms with Crippen molar-refractivity contribution in [3.8, 4) is 0 Å². The second-order valence-electron chi connectivity index (χ2n) is 7.24. The SMILES string of the molecule is O=C(NCC(=O)N1CCC(n2c(=O)[nH]c3ccccc32)CC1)c1ccc(F)cc1F. The van der Waals surface area contributed by atoms with Crippen molar-refractivity contribution in [3.05, 3.63) is 70.1 Å². The maximum Gasteiger partial charge on any atom is 0.326 e. The van der Waals surface area contributed by atoms with E-state index in [1.807, 2.05) is 24.3 Å². The van der Waals surface area contributed by atoms with E-state index in [-0.39, 0.29) is 29.7 Å². The Hall–Kier alpha value is -3.49. The summed E-state index contributed by atoms with van der Waals surface area (Å²) in [4.78, 5) is 41.3. The molecule has 2 N–H and O–H groups in total. The third kappa shape index (κ3) is 3.83. The number of piperidine rings is 1. The van der Waals surface area contributed by atoms with Crippen LogP contribution in [0.25, 0.3) is 11.0 Å². The third-order valence-electron chi connectivity index (χ3n) is 5.38. The number of fused-ring (bicyclic) bond motifs is 1. The van der Waals surface area contributed by atoms with Crippen LogP contribution in [-0.4, -0.2) is 45.9 Å². The molecule has 0 unspecified atom stereocenters. The van der Waals surface area contributed by atoms with Gasteiger partial charge in [0.25, 0.3) is 5.91 Å². The van der Waals surface area contributed by atoms with E-state index < -0.39 is 17.5 Å². The smallest absolute Gasteiger partial charge is 0.326 e. The molecule has 156 valence electrons. The van der Waals surface area contributed by atoms with E-state index >= 15 is 0 Å². The third-order valence-corrected chi connectivity index (χ3v) is 5.38. The highest BCUT2D eigenvalue weighted by Gasteiger charge is 2.26. The molecule has 9 heteroatoms. The first-order valence-electron chi connectivity index (χ1n) is 9.64. The Kier molecular flexibility index (Phi) is 5.35. The summed E-state index contributed by atoms with van der Waals surface area (Å²) in [5.41, 5.74) is 1.12. The summed E-state index contributed by atoms with van der Waals surface area (Å²) in [5.74, 6) is -2.83. The van der Waals surface area contributed by atoms with Crippen LogP contribution in [-0.2, 0) is 4.79 Å². The minimum absolute atomic E-state index is 0.0272. The van der Waals surface area contributed by atoms with Crippen molar-refractivity contribution in [3.63, 3.8) is 0 Å². The molecule has 2 aromatic carbocycles. The molecule has 3 aromatic rings. The first kappa shape index (κ1) is 19.8. The Labute approximate surface area is 170 Å². The van der Waals surface area contributed by atoms with Gasteiger partial charge >= 0.3 is 5.69 Å². The molecule has 0 aliphatic carbocycles. The highest BCUT2D eigenvalue weighted by atomic mass is 19.1. The van der Waals surface area contributed by atoms with Crippen LogP contribution in [0.1, 0.15) is 29.2 Å². The van der Waals surface area contributed by atoms with Gasteiger partial charge in [-0.2, -0.15) is 0 Å². The van der Waals surface area contributed by atoms with Gasteiger partial charge in [0, 0.05) is 25.2 Å². The molecular formula is C21H20F2N4O3. The van der Waals surface area contributed by atoms with Crippen LogP contribution in [0.4, 0.5) is 8.78 Å². The summed E-state index contributed by atoms with van der Waals surface area (Å²) >= 11 is 0. The molecule has 1 aliphatic heterocycles. The summed E-state index contributed by atoms with van der Waals surface area (Å²) in [6.07, 6.45) is 1.21. The number of aromatic amines is 1. The summed E-state index contributed by atoms with van der Waals surface area (Å²) < 4.78 is 28.4. The highest BCUT2D eigenvalue weighted by Crippen LogP contribution is 2.24. The van der Waals surface area contributed by atoms with Gasteiger partial charge in [0.1, 0.15) is 11.6 Å². The maximum absolute atomic E-state index is 13.7. The number of carbonyl (C=O) groups is 2. The predicted octanol–water partition coefficient (Wildman–Crippen LogP) is 2.20. The van der Waals surface area contributed by atoms with Crippen molar-refractivity contribution >= 4 is 22.8 Å². The summed E-state index contributed by atoms with van der Waals surface area (Å²) in [5, 5.41) is 2.38. The zero-order chi connectivity index (χ0) is 21.3. The largest absolute Gasteiger partial charge is 0.343 e. The van der Waals surface area contributed by atoms with Crippen molar-refractivity contribution in [2.45, 2.75) is 18.9 Å². The Bertz CT molecular complexity index is 1160. The van der Waals surface area contributed by atoms with Crippen molar-refractivity contribution in [2.24, 2.45) is 0 Å². The number of benzene rings is 2. The molecule has 1 saturated heterocycles. The van der Waals surface area contributed by atoms with Crippen LogP contribution in [0, 0.1) is 11.6 Å². The first-order chi connectivity index (χ1) is 14.4. The number of hydrogen-bond acceptors (Lipinski definition) is 3. The Morgan fingerprint density at radius 3 is 2.57 bits per heavy atom. The van der Waals surface area contributed by atoms with E-state index in [1.165, 1.54) is 0 Å². The lowest BCUT2D eigenvalue weighted by Crippen LogP contribution is -2.45. The molecule has 30 heavy (non-hydrogen) atoms. The number of likely N-dealkylation sites (tertiary alicyclic amines) is 1. The van der Waals surface area contributed by atoms with Crippen LogP contribution < -0.4 is 11.0 Å². The number of H-pyrrole nitrogens is 1. The average Bonchev–Trinajstić information content (AvgIpc) is 3.07. The number of para-hydroxylation sites is 2. The van der Waals surface area contributed by atoms with Gasteiger partial charge in [0.2, 0.25) is 5.91 Å². The fourth-order valence-electron chi connectivity index (χ4n) is 3.85. The van der Waals surface area contributed by atoms with Crippen LogP contribution in [0.3, 0.4) is 0 Å². The van der Waals surface area contributed by atoms with E-state index in [1.54, 1.807) is 9.47 Å². The molecule has 2 heterocycles. The topological polar surface area (TPSA) is 87.2 Å². The number of imidazole rings is 1. The van der Waals surface area contributed by atoms with E-state index in [0.29, 0.717) is 32.0 Å². The normalized spacial score (nSPS) is 14.8. The van der Waals surface area contributed by atoms with Gasteiger partial charge in [-0.05, 0) is 37.1 Å². The molecular weight excluding hydrogens is 394 g/mol. The molecule has 2 amide bonds. The van der Waals surface area contributed by atoms with Gasteiger partial charge in [-0.1, -0.05) is 12.1 Å². The zero-order valence-corrected chi connectivity index (χ0v) is 16.0. The van der Waals surface area contributed by atoms with Crippen molar-refractivity contribution in [2.75, 3.05) is 19.6 Å². The molecule has 1 aliphatic rings. The number of halogens is 2. The van der Waals surface area contributed by atoms with Crippen molar-refractivity contribution in [1.29, 1.82) is 0 Å². The van der Waals surface area contributed by atoms with Crippen LogP contribution in [0.15, 0.2) is 47.3 Å². The Balaban J connectivity index is 1.35. The first-order valence-corrected chi connectivity index (χ1v) is 9.64. The lowest BCUT2D eigenvalue weighted by atomic mass is 10.0. The molecule has 0 atom stereocenters. The fourth-order valence-corrected chi connectivity index (χ4v) is 3.85.